The Morgan fingerprint density at radius 2 is 1.76 bits per heavy atom. The SMILES string of the molecule is CCN(CC)c1ccc(/C=C/c2cc(O)cc(=O)o2)cc1. The first-order chi connectivity index (χ1) is 10.1. The molecule has 0 aliphatic heterocycles. The lowest BCUT2D eigenvalue weighted by Gasteiger charge is -2.20. The zero-order valence-corrected chi connectivity index (χ0v) is 12.2. The Kier molecular flexibility index (Phi) is 4.82. The molecule has 0 unspecified atom stereocenters. The number of hydrogen-bond donors (Lipinski definition) is 1. The molecule has 0 radical (unpaired) electrons. The van der Waals surface area contributed by atoms with Crippen LogP contribution >= 0.6 is 0 Å². The van der Waals surface area contributed by atoms with E-state index in [4.69, 9.17) is 4.42 Å². The molecule has 0 amide bonds. The highest BCUT2D eigenvalue weighted by atomic mass is 16.4. The van der Waals surface area contributed by atoms with E-state index in [0.29, 0.717) is 5.76 Å². The molecule has 2 aromatic rings. The van der Waals surface area contributed by atoms with Gasteiger partial charge in [0.15, 0.2) is 0 Å². The van der Waals surface area contributed by atoms with Gasteiger partial charge in [-0.2, -0.15) is 0 Å². The summed E-state index contributed by atoms with van der Waals surface area (Å²) in [4.78, 5) is 13.4. The summed E-state index contributed by atoms with van der Waals surface area (Å²) in [5.41, 5.74) is 1.62. The van der Waals surface area contributed by atoms with Crippen molar-refractivity contribution in [3.05, 3.63) is 58.1 Å². The Hall–Kier alpha value is -2.49. The molecule has 0 saturated carbocycles. The van der Waals surface area contributed by atoms with E-state index in [9.17, 15) is 9.90 Å². The molecule has 1 heterocycles. The lowest BCUT2D eigenvalue weighted by molar-refractivity contribution is 0.444. The summed E-state index contributed by atoms with van der Waals surface area (Å²) in [6.45, 7) is 6.20. The third-order valence-corrected chi connectivity index (χ3v) is 3.24. The third kappa shape index (κ3) is 3.99. The predicted octanol–water partition coefficient (Wildman–Crippen LogP) is 3.36. The van der Waals surface area contributed by atoms with Gasteiger partial charge < -0.3 is 14.4 Å². The van der Waals surface area contributed by atoms with Gasteiger partial charge >= 0.3 is 5.63 Å². The van der Waals surface area contributed by atoms with Gasteiger partial charge in [0, 0.05) is 24.8 Å². The standard InChI is InChI=1S/C17H19NO3/c1-3-18(4-2)14-8-5-13(6-9-14)7-10-16-11-15(19)12-17(20)21-16/h5-12,19H,3-4H2,1-2H3/b10-7+. The van der Waals surface area contributed by atoms with Gasteiger partial charge in [-0.15, -0.1) is 0 Å². The molecule has 1 aromatic heterocycles. The third-order valence-electron chi connectivity index (χ3n) is 3.24. The summed E-state index contributed by atoms with van der Waals surface area (Å²) >= 11 is 0. The fourth-order valence-corrected chi connectivity index (χ4v) is 2.13. The molecule has 4 nitrogen and oxygen atoms in total. The predicted molar refractivity (Wildman–Crippen MR) is 85.6 cm³/mol. The first-order valence-electron chi connectivity index (χ1n) is 6.99. The van der Waals surface area contributed by atoms with Crippen molar-refractivity contribution in [2.75, 3.05) is 18.0 Å². The molecular weight excluding hydrogens is 266 g/mol. The van der Waals surface area contributed by atoms with Crippen LogP contribution in [0.4, 0.5) is 5.69 Å². The van der Waals surface area contributed by atoms with Crippen LogP contribution in [0, 0.1) is 0 Å². The molecule has 0 aliphatic carbocycles. The van der Waals surface area contributed by atoms with E-state index in [2.05, 4.69) is 30.9 Å². The quantitative estimate of drug-likeness (QED) is 0.915. The highest BCUT2D eigenvalue weighted by Crippen LogP contribution is 2.17. The zero-order chi connectivity index (χ0) is 15.2. The van der Waals surface area contributed by atoms with E-state index in [0.717, 1.165) is 24.7 Å². The smallest absolute Gasteiger partial charge is 0.339 e. The molecular formula is C17H19NO3. The summed E-state index contributed by atoms with van der Waals surface area (Å²) in [5, 5.41) is 9.34. The van der Waals surface area contributed by atoms with Gasteiger partial charge in [0.05, 0.1) is 6.07 Å². The maximum Gasteiger partial charge on any atom is 0.339 e. The Bertz CT molecular complexity index is 667. The number of hydrogen-bond acceptors (Lipinski definition) is 4. The van der Waals surface area contributed by atoms with Crippen molar-refractivity contribution in [1.29, 1.82) is 0 Å². The number of rotatable bonds is 5. The van der Waals surface area contributed by atoms with Crippen molar-refractivity contribution < 1.29 is 9.52 Å². The van der Waals surface area contributed by atoms with Crippen LogP contribution in [0.3, 0.4) is 0 Å². The van der Waals surface area contributed by atoms with Crippen molar-refractivity contribution in [1.82, 2.24) is 0 Å². The van der Waals surface area contributed by atoms with Crippen molar-refractivity contribution in [2.24, 2.45) is 0 Å². The largest absolute Gasteiger partial charge is 0.508 e. The summed E-state index contributed by atoms with van der Waals surface area (Å²) in [6, 6.07) is 10.6. The second kappa shape index (κ2) is 6.79. The molecule has 0 fully saturated rings. The molecule has 110 valence electrons. The number of anilines is 1. The maximum atomic E-state index is 11.1. The highest BCUT2D eigenvalue weighted by Gasteiger charge is 2.00. The number of benzene rings is 1. The van der Waals surface area contributed by atoms with E-state index in [1.807, 2.05) is 18.2 Å². The van der Waals surface area contributed by atoms with Crippen LogP contribution in [0.15, 0.2) is 45.6 Å². The molecule has 0 atom stereocenters. The van der Waals surface area contributed by atoms with Gasteiger partial charge in [-0.05, 0) is 37.6 Å². The topological polar surface area (TPSA) is 53.7 Å². The van der Waals surface area contributed by atoms with Crippen molar-refractivity contribution in [3.63, 3.8) is 0 Å². The Morgan fingerprint density at radius 1 is 1.10 bits per heavy atom. The maximum absolute atomic E-state index is 11.1. The molecule has 0 saturated heterocycles. The lowest BCUT2D eigenvalue weighted by atomic mass is 10.1. The Morgan fingerprint density at radius 3 is 2.33 bits per heavy atom. The van der Waals surface area contributed by atoms with E-state index in [1.54, 1.807) is 6.08 Å². The molecule has 0 aliphatic rings. The number of aromatic hydroxyl groups is 1. The minimum Gasteiger partial charge on any atom is -0.508 e. The molecule has 1 N–H and O–H groups in total. The van der Waals surface area contributed by atoms with Crippen LogP contribution in [0.5, 0.6) is 5.75 Å². The van der Waals surface area contributed by atoms with E-state index < -0.39 is 5.63 Å². The van der Waals surface area contributed by atoms with E-state index >= 15 is 0 Å². The summed E-state index contributed by atoms with van der Waals surface area (Å²) in [5.74, 6) is 0.232. The lowest BCUT2D eigenvalue weighted by Crippen LogP contribution is -2.21. The summed E-state index contributed by atoms with van der Waals surface area (Å²) in [7, 11) is 0. The van der Waals surface area contributed by atoms with Crippen molar-refractivity contribution >= 4 is 17.8 Å². The molecule has 0 bridgehead atoms. The van der Waals surface area contributed by atoms with Crippen LogP contribution in [0.1, 0.15) is 25.2 Å². The highest BCUT2D eigenvalue weighted by molar-refractivity contribution is 5.68. The van der Waals surface area contributed by atoms with Gasteiger partial charge in [0.1, 0.15) is 11.5 Å². The fourth-order valence-electron chi connectivity index (χ4n) is 2.13. The Balaban J connectivity index is 2.16. The minimum atomic E-state index is -0.563. The van der Waals surface area contributed by atoms with Gasteiger partial charge in [0.25, 0.3) is 0 Å². The monoisotopic (exact) mass is 285 g/mol. The van der Waals surface area contributed by atoms with Crippen molar-refractivity contribution in [3.8, 4) is 5.75 Å². The zero-order valence-electron chi connectivity index (χ0n) is 12.2. The molecule has 0 spiro atoms. The summed E-state index contributed by atoms with van der Waals surface area (Å²) < 4.78 is 4.97. The fraction of sp³-hybridized carbons (Fsp3) is 0.235. The summed E-state index contributed by atoms with van der Waals surface area (Å²) in [6.07, 6.45) is 3.50. The van der Waals surface area contributed by atoms with Gasteiger partial charge in [-0.3, -0.25) is 0 Å². The molecule has 1 aromatic carbocycles. The van der Waals surface area contributed by atoms with E-state index in [-0.39, 0.29) is 5.75 Å². The second-order valence-electron chi connectivity index (χ2n) is 4.63. The molecule has 21 heavy (non-hydrogen) atoms. The first kappa shape index (κ1) is 14.9. The second-order valence-corrected chi connectivity index (χ2v) is 4.63. The van der Waals surface area contributed by atoms with Gasteiger partial charge in [-0.25, -0.2) is 4.79 Å². The van der Waals surface area contributed by atoms with E-state index in [1.165, 1.54) is 11.8 Å². The van der Waals surface area contributed by atoms with Crippen LogP contribution in [-0.2, 0) is 0 Å². The first-order valence-corrected chi connectivity index (χ1v) is 6.99. The average Bonchev–Trinajstić information content (AvgIpc) is 2.47. The normalized spacial score (nSPS) is 11.0. The average molecular weight is 285 g/mol. The Labute approximate surface area is 124 Å². The molecule has 4 heteroatoms. The van der Waals surface area contributed by atoms with Crippen LogP contribution < -0.4 is 10.5 Å². The number of nitrogens with zero attached hydrogens (tertiary/aromatic N) is 1. The van der Waals surface area contributed by atoms with Gasteiger partial charge in [-0.1, -0.05) is 18.2 Å². The van der Waals surface area contributed by atoms with Crippen molar-refractivity contribution in [2.45, 2.75) is 13.8 Å². The molecule has 2 rings (SSSR count). The van der Waals surface area contributed by atoms with Crippen LogP contribution in [0.2, 0.25) is 0 Å². The minimum absolute atomic E-state index is 0.0946. The van der Waals surface area contributed by atoms with Crippen LogP contribution in [-0.4, -0.2) is 18.2 Å². The van der Waals surface area contributed by atoms with Crippen LogP contribution in [0.25, 0.3) is 12.2 Å². The van der Waals surface area contributed by atoms with Gasteiger partial charge in [0.2, 0.25) is 0 Å².